The maximum Gasteiger partial charge on any atom is 0.335 e. The third-order valence-corrected chi connectivity index (χ3v) is 5.17. The van der Waals surface area contributed by atoms with Crippen molar-refractivity contribution in [1.29, 1.82) is 0 Å². The maximum atomic E-state index is 11.0. The number of carbonyl (C=O) groups is 1. The summed E-state index contributed by atoms with van der Waals surface area (Å²) in [5.74, 6) is 0.276. The molecule has 140 valence electrons. The Morgan fingerprint density at radius 2 is 1.82 bits per heavy atom. The highest BCUT2D eigenvalue weighted by Gasteiger charge is 2.09. The van der Waals surface area contributed by atoms with Crippen LogP contribution in [0.25, 0.3) is 10.9 Å². The molecule has 0 aliphatic rings. The number of hydrogen-bond donors (Lipinski definition) is 3. The van der Waals surface area contributed by atoms with E-state index in [1.165, 1.54) is 4.88 Å². The number of para-hydroxylation sites is 1. The van der Waals surface area contributed by atoms with Gasteiger partial charge in [0.05, 0.1) is 11.1 Å². The number of benzene rings is 2. The van der Waals surface area contributed by atoms with Gasteiger partial charge in [0.25, 0.3) is 0 Å². The van der Waals surface area contributed by atoms with Gasteiger partial charge in [-0.1, -0.05) is 18.2 Å². The van der Waals surface area contributed by atoms with Gasteiger partial charge in [-0.25, -0.2) is 9.78 Å². The van der Waals surface area contributed by atoms with Crippen molar-refractivity contribution in [3.63, 3.8) is 0 Å². The van der Waals surface area contributed by atoms with Crippen LogP contribution in [-0.4, -0.2) is 27.6 Å². The van der Waals surface area contributed by atoms with Gasteiger partial charge in [0.1, 0.15) is 5.82 Å². The number of carboxylic acid groups (broad SMARTS) is 1. The lowest BCUT2D eigenvalue weighted by Gasteiger charge is -2.12. The number of nitrogens with one attached hydrogen (secondary N) is 2. The lowest BCUT2D eigenvalue weighted by Crippen LogP contribution is -2.08. The minimum atomic E-state index is -0.953. The molecule has 6 nitrogen and oxygen atoms in total. The molecule has 0 saturated heterocycles. The molecule has 2 aromatic heterocycles. The van der Waals surface area contributed by atoms with Crippen molar-refractivity contribution in [3.05, 3.63) is 76.5 Å². The Kier molecular flexibility index (Phi) is 5.16. The normalized spacial score (nSPS) is 10.7. The number of hydrogen-bond acceptors (Lipinski definition) is 6. The van der Waals surface area contributed by atoms with Gasteiger partial charge in [-0.15, -0.1) is 11.3 Å². The fourth-order valence-corrected chi connectivity index (χ4v) is 3.56. The first-order valence-corrected chi connectivity index (χ1v) is 9.70. The first-order valence-electron chi connectivity index (χ1n) is 8.82. The van der Waals surface area contributed by atoms with E-state index in [1.54, 1.807) is 35.6 Å². The number of anilines is 3. The summed E-state index contributed by atoms with van der Waals surface area (Å²) >= 11 is 1.74. The Balaban J connectivity index is 1.57. The van der Waals surface area contributed by atoms with Crippen LogP contribution >= 0.6 is 11.3 Å². The molecular formula is C21H18N4O2S. The number of carboxylic acids is 1. The fourth-order valence-electron chi connectivity index (χ4n) is 2.85. The molecule has 3 N–H and O–H groups in total. The predicted molar refractivity (Wildman–Crippen MR) is 113 cm³/mol. The van der Waals surface area contributed by atoms with Crippen molar-refractivity contribution in [2.45, 2.75) is 6.42 Å². The van der Waals surface area contributed by atoms with Crippen LogP contribution in [-0.2, 0) is 6.42 Å². The molecule has 0 aliphatic carbocycles. The van der Waals surface area contributed by atoms with Gasteiger partial charge in [0.2, 0.25) is 5.95 Å². The maximum absolute atomic E-state index is 11.0. The van der Waals surface area contributed by atoms with E-state index in [9.17, 15) is 4.79 Å². The quantitative estimate of drug-likeness (QED) is 0.421. The van der Waals surface area contributed by atoms with Crippen molar-refractivity contribution in [1.82, 2.24) is 9.97 Å². The summed E-state index contributed by atoms with van der Waals surface area (Å²) in [7, 11) is 0. The van der Waals surface area contributed by atoms with Crippen LogP contribution in [0.3, 0.4) is 0 Å². The average molecular weight is 390 g/mol. The van der Waals surface area contributed by atoms with Crippen LogP contribution in [0, 0.1) is 0 Å². The molecule has 0 spiro atoms. The van der Waals surface area contributed by atoms with Gasteiger partial charge in [-0.2, -0.15) is 4.98 Å². The lowest BCUT2D eigenvalue weighted by molar-refractivity contribution is 0.0697. The highest BCUT2D eigenvalue weighted by molar-refractivity contribution is 7.09. The smallest absolute Gasteiger partial charge is 0.335 e. The molecule has 2 heterocycles. The van der Waals surface area contributed by atoms with Crippen molar-refractivity contribution < 1.29 is 9.90 Å². The van der Waals surface area contributed by atoms with Crippen molar-refractivity contribution in [3.8, 4) is 0 Å². The molecule has 0 unspecified atom stereocenters. The third kappa shape index (κ3) is 4.10. The molecule has 0 aliphatic heterocycles. The predicted octanol–water partition coefficient (Wildman–Crippen LogP) is 4.79. The second-order valence-electron chi connectivity index (χ2n) is 6.18. The zero-order chi connectivity index (χ0) is 19.3. The number of nitrogens with zero attached hydrogens (tertiary/aromatic N) is 2. The van der Waals surface area contributed by atoms with Crippen LogP contribution in [0.15, 0.2) is 66.0 Å². The molecule has 0 bridgehead atoms. The molecule has 4 rings (SSSR count). The van der Waals surface area contributed by atoms with Gasteiger partial charge in [0.15, 0.2) is 0 Å². The number of fused-ring (bicyclic) bond motifs is 1. The third-order valence-electron chi connectivity index (χ3n) is 4.24. The first-order chi connectivity index (χ1) is 13.7. The van der Waals surface area contributed by atoms with Gasteiger partial charge < -0.3 is 15.7 Å². The van der Waals surface area contributed by atoms with E-state index in [2.05, 4.69) is 38.1 Å². The van der Waals surface area contributed by atoms with E-state index in [0.717, 1.165) is 35.4 Å². The van der Waals surface area contributed by atoms with Gasteiger partial charge in [-0.3, -0.25) is 0 Å². The van der Waals surface area contributed by atoms with E-state index < -0.39 is 5.97 Å². The molecule has 4 aromatic rings. The lowest BCUT2D eigenvalue weighted by atomic mass is 10.2. The molecule has 2 aromatic carbocycles. The molecule has 28 heavy (non-hydrogen) atoms. The Morgan fingerprint density at radius 1 is 1.00 bits per heavy atom. The van der Waals surface area contributed by atoms with E-state index in [4.69, 9.17) is 5.11 Å². The van der Waals surface area contributed by atoms with Crippen molar-refractivity contribution in [2.24, 2.45) is 0 Å². The summed E-state index contributed by atoms with van der Waals surface area (Å²) in [4.78, 5) is 21.5. The largest absolute Gasteiger partial charge is 0.478 e. The van der Waals surface area contributed by atoms with Gasteiger partial charge in [-0.05, 0) is 54.3 Å². The van der Waals surface area contributed by atoms with E-state index >= 15 is 0 Å². The highest BCUT2D eigenvalue weighted by Crippen LogP contribution is 2.24. The highest BCUT2D eigenvalue weighted by atomic mass is 32.1. The summed E-state index contributed by atoms with van der Waals surface area (Å²) in [6, 6.07) is 18.5. The standard InChI is InChI=1S/C21H18N4O2S/c26-20(27)14-7-9-15(10-8-14)23-21-24-18-6-2-1-5-17(18)19(25-21)22-12-11-16-4-3-13-28-16/h1-10,13H,11-12H2,(H,26,27)(H2,22,23,24,25). The topological polar surface area (TPSA) is 87.1 Å². The summed E-state index contributed by atoms with van der Waals surface area (Å²) in [5.41, 5.74) is 1.80. The molecule has 0 amide bonds. The van der Waals surface area contributed by atoms with E-state index in [0.29, 0.717) is 5.95 Å². The van der Waals surface area contributed by atoms with Gasteiger partial charge >= 0.3 is 5.97 Å². The summed E-state index contributed by atoms with van der Waals surface area (Å²) in [5, 5.41) is 18.6. The zero-order valence-corrected chi connectivity index (χ0v) is 15.7. The van der Waals surface area contributed by atoms with Crippen LogP contribution in [0.2, 0.25) is 0 Å². The van der Waals surface area contributed by atoms with Crippen molar-refractivity contribution >= 4 is 45.7 Å². The van der Waals surface area contributed by atoms with Crippen LogP contribution in [0.1, 0.15) is 15.2 Å². The van der Waals surface area contributed by atoms with E-state index in [-0.39, 0.29) is 5.56 Å². The van der Waals surface area contributed by atoms with Crippen LogP contribution < -0.4 is 10.6 Å². The Bertz CT molecular complexity index is 1100. The van der Waals surface area contributed by atoms with Crippen molar-refractivity contribution in [2.75, 3.05) is 17.2 Å². The SMILES string of the molecule is O=C(O)c1ccc(Nc2nc(NCCc3cccs3)c3ccccc3n2)cc1. The number of aromatic carboxylic acids is 1. The molecule has 0 saturated carbocycles. The molecule has 7 heteroatoms. The van der Waals surface area contributed by atoms with Gasteiger partial charge in [0, 0.05) is 22.5 Å². The summed E-state index contributed by atoms with van der Waals surface area (Å²) in [6.45, 7) is 0.772. The Morgan fingerprint density at radius 3 is 2.57 bits per heavy atom. The minimum absolute atomic E-state index is 0.237. The Labute approximate surface area is 165 Å². The molecular weight excluding hydrogens is 372 g/mol. The van der Waals surface area contributed by atoms with Crippen LogP contribution in [0.5, 0.6) is 0 Å². The number of aromatic nitrogens is 2. The number of rotatable bonds is 7. The zero-order valence-electron chi connectivity index (χ0n) is 14.9. The number of thiophene rings is 1. The summed E-state index contributed by atoms with van der Waals surface area (Å²) in [6.07, 6.45) is 0.926. The summed E-state index contributed by atoms with van der Waals surface area (Å²) < 4.78 is 0. The van der Waals surface area contributed by atoms with Crippen LogP contribution in [0.4, 0.5) is 17.5 Å². The monoisotopic (exact) mass is 390 g/mol. The van der Waals surface area contributed by atoms with E-state index in [1.807, 2.05) is 24.3 Å². The fraction of sp³-hybridized carbons (Fsp3) is 0.0952. The molecule has 0 fully saturated rings. The average Bonchev–Trinajstić information content (AvgIpc) is 3.22. The second-order valence-corrected chi connectivity index (χ2v) is 7.21. The first kappa shape index (κ1) is 17.9. The Hall–Kier alpha value is -3.45. The molecule has 0 atom stereocenters. The molecule has 0 radical (unpaired) electrons. The second kappa shape index (κ2) is 8.06. The minimum Gasteiger partial charge on any atom is -0.478 e.